The molecule has 0 fully saturated rings. The standard InChI is InChI=1S/C21H19F3N4O4/c1-11-4-2-3-5-26-10-28(11)27-9-14(18(29)19(30)17(27)21(26)32)20(31)25-8-13-15(23)6-12(22)7-16(13)24/h2-3,6-7,9,11,30H,4-5,8,10H2,1H3,(H,25,31)/b3-2-/t11-/m1/s1. The van der Waals surface area contributed by atoms with E-state index >= 15 is 0 Å². The van der Waals surface area contributed by atoms with Gasteiger partial charge in [-0.3, -0.25) is 24.1 Å². The van der Waals surface area contributed by atoms with E-state index in [9.17, 15) is 32.7 Å². The summed E-state index contributed by atoms with van der Waals surface area (Å²) in [4.78, 5) is 39.5. The summed E-state index contributed by atoms with van der Waals surface area (Å²) in [5.74, 6) is -5.98. The monoisotopic (exact) mass is 448 g/mol. The van der Waals surface area contributed by atoms with Crippen molar-refractivity contribution >= 4 is 11.8 Å². The lowest BCUT2D eigenvalue weighted by Gasteiger charge is -2.43. The second kappa shape index (κ2) is 8.06. The van der Waals surface area contributed by atoms with Crippen LogP contribution in [0.15, 0.2) is 35.3 Å². The topological polar surface area (TPSA) is 94.9 Å². The average Bonchev–Trinajstić information content (AvgIpc) is 2.72. The predicted octanol–water partition coefficient (Wildman–Crippen LogP) is 1.60. The van der Waals surface area contributed by atoms with E-state index in [0.717, 1.165) is 6.20 Å². The fraction of sp³-hybridized carbons (Fsp3) is 0.286. The fourth-order valence-electron chi connectivity index (χ4n) is 3.72. The molecule has 168 valence electrons. The number of halogens is 3. The molecule has 0 saturated carbocycles. The van der Waals surface area contributed by atoms with Crippen molar-refractivity contribution in [2.24, 2.45) is 0 Å². The highest BCUT2D eigenvalue weighted by Gasteiger charge is 2.36. The largest absolute Gasteiger partial charge is 0.502 e. The van der Waals surface area contributed by atoms with Gasteiger partial charge in [0.25, 0.3) is 11.8 Å². The van der Waals surface area contributed by atoms with Gasteiger partial charge in [-0.2, -0.15) is 0 Å². The van der Waals surface area contributed by atoms with Gasteiger partial charge < -0.3 is 15.3 Å². The lowest BCUT2D eigenvalue weighted by Crippen LogP contribution is -2.58. The maximum absolute atomic E-state index is 13.8. The van der Waals surface area contributed by atoms with Crippen LogP contribution in [0.25, 0.3) is 0 Å². The number of aromatic nitrogens is 1. The Morgan fingerprint density at radius 2 is 1.88 bits per heavy atom. The van der Waals surface area contributed by atoms with Crippen LogP contribution in [-0.4, -0.2) is 45.8 Å². The number of amides is 2. The quantitative estimate of drug-likeness (QED) is 0.696. The van der Waals surface area contributed by atoms with Crippen LogP contribution in [0.2, 0.25) is 0 Å². The van der Waals surface area contributed by atoms with E-state index in [1.54, 1.807) is 5.01 Å². The molecule has 8 nitrogen and oxygen atoms in total. The molecule has 2 bridgehead atoms. The van der Waals surface area contributed by atoms with E-state index in [2.05, 4.69) is 5.32 Å². The van der Waals surface area contributed by atoms with Crippen molar-refractivity contribution in [1.29, 1.82) is 0 Å². The summed E-state index contributed by atoms with van der Waals surface area (Å²) in [6.07, 6.45) is 5.48. The van der Waals surface area contributed by atoms with Crippen LogP contribution < -0.4 is 15.8 Å². The maximum atomic E-state index is 13.8. The minimum absolute atomic E-state index is 0.138. The van der Waals surface area contributed by atoms with Crippen molar-refractivity contribution in [3.8, 4) is 5.75 Å². The van der Waals surface area contributed by atoms with Crippen molar-refractivity contribution in [3.63, 3.8) is 0 Å². The molecule has 0 spiro atoms. The summed E-state index contributed by atoms with van der Waals surface area (Å²) in [7, 11) is 0. The van der Waals surface area contributed by atoms with Crippen LogP contribution in [0.3, 0.4) is 0 Å². The zero-order valence-electron chi connectivity index (χ0n) is 16.9. The van der Waals surface area contributed by atoms with Crippen molar-refractivity contribution in [2.75, 3.05) is 18.2 Å². The molecule has 0 unspecified atom stereocenters. The van der Waals surface area contributed by atoms with Crippen LogP contribution in [0.4, 0.5) is 13.2 Å². The molecule has 11 heteroatoms. The zero-order chi connectivity index (χ0) is 23.2. The first-order valence-electron chi connectivity index (χ1n) is 9.80. The highest BCUT2D eigenvalue weighted by atomic mass is 19.1. The second-order valence-electron chi connectivity index (χ2n) is 7.61. The molecule has 0 radical (unpaired) electrons. The van der Waals surface area contributed by atoms with Gasteiger partial charge in [-0.05, 0) is 13.3 Å². The summed E-state index contributed by atoms with van der Waals surface area (Å²) in [5.41, 5.74) is -2.46. The Morgan fingerprint density at radius 3 is 2.56 bits per heavy atom. The highest BCUT2D eigenvalue weighted by Crippen LogP contribution is 2.24. The third-order valence-corrected chi connectivity index (χ3v) is 5.50. The Hall–Kier alpha value is -3.76. The Morgan fingerprint density at radius 1 is 1.19 bits per heavy atom. The molecule has 1 atom stereocenters. The van der Waals surface area contributed by atoms with Crippen molar-refractivity contribution in [2.45, 2.75) is 25.9 Å². The normalized spacial score (nSPS) is 18.6. The van der Waals surface area contributed by atoms with E-state index in [0.29, 0.717) is 25.1 Å². The molecule has 2 aromatic rings. The van der Waals surface area contributed by atoms with Crippen LogP contribution in [-0.2, 0) is 6.54 Å². The molecule has 2 aliphatic heterocycles. The summed E-state index contributed by atoms with van der Waals surface area (Å²) < 4.78 is 42.0. The summed E-state index contributed by atoms with van der Waals surface area (Å²) in [5, 5.41) is 14.4. The average molecular weight is 448 g/mol. The number of pyridine rings is 1. The first kappa shape index (κ1) is 21.5. The highest BCUT2D eigenvalue weighted by molar-refractivity contribution is 5.99. The van der Waals surface area contributed by atoms with Gasteiger partial charge in [-0.1, -0.05) is 12.2 Å². The van der Waals surface area contributed by atoms with Gasteiger partial charge >= 0.3 is 0 Å². The first-order valence-corrected chi connectivity index (χ1v) is 9.80. The van der Waals surface area contributed by atoms with E-state index < -0.39 is 58.1 Å². The number of hydrogen-bond acceptors (Lipinski definition) is 5. The smallest absolute Gasteiger partial charge is 0.278 e. The number of rotatable bonds is 3. The molecule has 4 rings (SSSR count). The molecule has 32 heavy (non-hydrogen) atoms. The lowest BCUT2D eigenvalue weighted by molar-refractivity contribution is 0.0694. The molecular formula is C21H19F3N4O4. The molecule has 0 aliphatic carbocycles. The van der Waals surface area contributed by atoms with Crippen molar-refractivity contribution in [1.82, 2.24) is 14.9 Å². The number of nitrogens with one attached hydrogen (secondary N) is 1. The third kappa shape index (κ3) is 3.59. The number of benzene rings is 1. The first-order chi connectivity index (χ1) is 15.2. The van der Waals surface area contributed by atoms with Crippen LogP contribution in [0.1, 0.15) is 39.8 Å². The molecule has 3 heterocycles. The maximum Gasteiger partial charge on any atom is 0.278 e. The number of nitrogens with zero attached hydrogens (tertiary/aromatic N) is 3. The minimum Gasteiger partial charge on any atom is -0.502 e. The number of carbonyl (C=O) groups excluding carboxylic acids is 2. The summed E-state index contributed by atoms with van der Waals surface area (Å²) in [6.45, 7) is 1.69. The van der Waals surface area contributed by atoms with Crippen LogP contribution in [0.5, 0.6) is 5.75 Å². The molecule has 1 aromatic carbocycles. The molecule has 1 aromatic heterocycles. The SMILES string of the molecule is C[C@@H]1C/C=C\CN2CN1n1cc(C(=O)NCc3c(F)cc(F)cc3F)c(=O)c(O)c1C2=O. The fourth-order valence-corrected chi connectivity index (χ4v) is 3.72. The van der Waals surface area contributed by atoms with Gasteiger partial charge in [-0.15, -0.1) is 0 Å². The summed E-state index contributed by atoms with van der Waals surface area (Å²) in [6, 6.07) is 0.805. The predicted molar refractivity (Wildman–Crippen MR) is 107 cm³/mol. The van der Waals surface area contributed by atoms with Gasteiger partial charge in [0.15, 0.2) is 11.4 Å². The van der Waals surface area contributed by atoms with Crippen molar-refractivity contribution in [3.05, 3.63) is 75.0 Å². The van der Waals surface area contributed by atoms with E-state index in [-0.39, 0.29) is 18.4 Å². The van der Waals surface area contributed by atoms with E-state index in [1.165, 1.54) is 9.58 Å². The molecule has 2 amide bonds. The van der Waals surface area contributed by atoms with Gasteiger partial charge in [0.2, 0.25) is 5.43 Å². The Bertz CT molecular complexity index is 1190. The van der Waals surface area contributed by atoms with Crippen LogP contribution >= 0.6 is 0 Å². The number of aromatic hydroxyl groups is 1. The third-order valence-electron chi connectivity index (χ3n) is 5.50. The number of hydrogen-bond donors (Lipinski definition) is 2. The number of fused-ring (bicyclic) bond motifs is 4. The van der Waals surface area contributed by atoms with Crippen molar-refractivity contribution < 1.29 is 27.9 Å². The molecule has 2 aliphatic rings. The molecule has 2 N–H and O–H groups in total. The molecular weight excluding hydrogens is 429 g/mol. The van der Waals surface area contributed by atoms with Gasteiger partial charge in [0.1, 0.15) is 29.7 Å². The zero-order valence-corrected chi connectivity index (χ0v) is 16.9. The molecule has 0 saturated heterocycles. The number of carbonyl (C=O) groups is 2. The lowest BCUT2D eigenvalue weighted by atomic mass is 10.1. The Kier molecular flexibility index (Phi) is 5.41. The van der Waals surface area contributed by atoms with E-state index in [4.69, 9.17) is 0 Å². The van der Waals surface area contributed by atoms with Gasteiger partial charge in [0.05, 0.1) is 0 Å². The second-order valence-corrected chi connectivity index (χ2v) is 7.61. The van der Waals surface area contributed by atoms with Crippen LogP contribution in [0, 0.1) is 17.5 Å². The Balaban J connectivity index is 1.70. The Labute approximate surface area is 180 Å². The van der Waals surface area contributed by atoms with Gasteiger partial charge in [0, 0.05) is 43.0 Å². The minimum atomic E-state index is -1.19. The van der Waals surface area contributed by atoms with E-state index in [1.807, 2.05) is 19.1 Å². The van der Waals surface area contributed by atoms with Gasteiger partial charge in [-0.25, -0.2) is 13.2 Å². The summed E-state index contributed by atoms with van der Waals surface area (Å²) >= 11 is 0.